The van der Waals surface area contributed by atoms with E-state index in [9.17, 15) is 0 Å². The van der Waals surface area contributed by atoms with Crippen molar-refractivity contribution < 1.29 is 0 Å². The second-order valence-corrected chi connectivity index (χ2v) is 6.14. The van der Waals surface area contributed by atoms with Crippen molar-refractivity contribution in [1.29, 1.82) is 0 Å². The molecule has 0 radical (unpaired) electrons. The second-order valence-electron chi connectivity index (χ2n) is 5.76. The molecular formula is C17H22N6S. The van der Waals surface area contributed by atoms with Gasteiger partial charge in [-0.3, -0.25) is 5.43 Å². The molecule has 1 fully saturated rings. The van der Waals surface area contributed by atoms with Crippen molar-refractivity contribution in [2.75, 3.05) is 33.2 Å². The minimum Gasteiger partial charge on any atom is -0.345 e. The maximum Gasteiger partial charge on any atom is 0.189 e. The van der Waals surface area contributed by atoms with Crippen LogP contribution in [0, 0.1) is 0 Å². The molecule has 1 saturated heterocycles. The minimum absolute atomic E-state index is 0.669. The molecule has 0 bridgehead atoms. The Morgan fingerprint density at radius 3 is 2.54 bits per heavy atom. The average Bonchev–Trinajstić information content (AvgIpc) is 2.64. The maximum atomic E-state index is 5.51. The number of hydrogen-bond acceptors (Lipinski definition) is 5. The second kappa shape index (κ2) is 7.94. The van der Waals surface area contributed by atoms with E-state index in [4.69, 9.17) is 12.2 Å². The van der Waals surface area contributed by atoms with Gasteiger partial charge in [-0.25, -0.2) is 0 Å². The molecule has 1 aromatic carbocycles. The van der Waals surface area contributed by atoms with E-state index in [1.165, 1.54) is 0 Å². The van der Waals surface area contributed by atoms with E-state index in [-0.39, 0.29) is 0 Å². The quantitative estimate of drug-likeness (QED) is 0.433. The van der Waals surface area contributed by atoms with Crippen LogP contribution in [0.3, 0.4) is 0 Å². The Bertz CT molecular complexity index is 659. The summed E-state index contributed by atoms with van der Waals surface area (Å²) in [5.74, 6) is 0. The molecule has 0 unspecified atom stereocenters. The number of thiocarbonyl (C=S) groups is 1. The largest absolute Gasteiger partial charge is 0.345 e. The zero-order valence-electron chi connectivity index (χ0n) is 13.7. The number of benzene rings is 1. The lowest BCUT2D eigenvalue weighted by molar-refractivity contribution is 0.214. The van der Waals surface area contributed by atoms with Crippen molar-refractivity contribution in [1.82, 2.24) is 26.1 Å². The van der Waals surface area contributed by atoms with Crippen molar-refractivity contribution in [3.8, 4) is 0 Å². The molecule has 0 amide bonds. The topological polar surface area (TPSA) is 54.9 Å². The van der Waals surface area contributed by atoms with Gasteiger partial charge in [0.05, 0.1) is 5.71 Å². The molecule has 6 nitrogen and oxygen atoms in total. The highest BCUT2D eigenvalue weighted by Crippen LogP contribution is 2.11. The van der Waals surface area contributed by atoms with Crippen molar-refractivity contribution >= 4 is 23.0 Å². The number of hydrogen-bond donors (Lipinski definition) is 3. The molecule has 24 heavy (non-hydrogen) atoms. The van der Waals surface area contributed by atoms with Crippen molar-refractivity contribution in [3.63, 3.8) is 0 Å². The van der Waals surface area contributed by atoms with Gasteiger partial charge in [0.15, 0.2) is 5.11 Å². The molecule has 3 rings (SSSR count). The summed E-state index contributed by atoms with van der Waals surface area (Å²) in [7, 11) is 2.13. The third-order valence-electron chi connectivity index (χ3n) is 4.03. The zero-order chi connectivity index (χ0) is 16.8. The number of hydrazine groups is 1. The predicted octanol–water partition coefficient (Wildman–Crippen LogP) is 1.02. The summed E-state index contributed by atoms with van der Waals surface area (Å²) in [5.41, 5.74) is 11.8. The zero-order valence-corrected chi connectivity index (χ0v) is 14.5. The Hall–Kier alpha value is -2.38. The summed E-state index contributed by atoms with van der Waals surface area (Å²) < 4.78 is 0. The highest BCUT2D eigenvalue weighted by molar-refractivity contribution is 7.80. The first-order valence-corrected chi connectivity index (χ1v) is 8.39. The van der Waals surface area contributed by atoms with Crippen LogP contribution in [0.2, 0.25) is 0 Å². The first-order valence-electron chi connectivity index (χ1n) is 7.99. The predicted molar refractivity (Wildman–Crippen MR) is 101 cm³/mol. The smallest absolute Gasteiger partial charge is 0.189 e. The molecule has 3 N–H and O–H groups in total. The standard InChI is InChI=1S/C17H22N6S/c1-22-9-11-23(12-10-22)17(24)21-20-16(14-5-3-2-4-6-14)15-7-8-18-19-13-15/h2-8,13,18-19H,9-12H2,1H3,(H,21,24)/b20-16-. The Morgan fingerprint density at radius 2 is 1.88 bits per heavy atom. The van der Waals surface area contributed by atoms with Crippen LogP contribution in [0.15, 0.2) is 59.5 Å². The lowest BCUT2D eigenvalue weighted by atomic mass is 10.0. The van der Waals surface area contributed by atoms with E-state index >= 15 is 0 Å². The van der Waals surface area contributed by atoms with Crippen molar-refractivity contribution in [3.05, 3.63) is 59.9 Å². The first kappa shape index (κ1) is 16.5. The fourth-order valence-corrected chi connectivity index (χ4v) is 2.80. The molecule has 0 atom stereocenters. The van der Waals surface area contributed by atoms with Crippen LogP contribution in [0.5, 0.6) is 0 Å². The average molecular weight is 342 g/mol. The monoisotopic (exact) mass is 342 g/mol. The number of allylic oxidation sites excluding steroid dienone is 2. The molecule has 2 aliphatic rings. The van der Waals surface area contributed by atoms with Gasteiger partial charge in [-0.15, -0.1) is 0 Å². The summed E-state index contributed by atoms with van der Waals surface area (Å²) in [4.78, 5) is 4.46. The highest BCUT2D eigenvalue weighted by atomic mass is 32.1. The van der Waals surface area contributed by atoms with Gasteiger partial charge in [0.25, 0.3) is 0 Å². The molecule has 0 saturated carbocycles. The van der Waals surface area contributed by atoms with Crippen LogP contribution in [0.25, 0.3) is 0 Å². The molecular weight excluding hydrogens is 320 g/mol. The van der Waals surface area contributed by atoms with Crippen LogP contribution >= 0.6 is 12.2 Å². The summed E-state index contributed by atoms with van der Waals surface area (Å²) >= 11 is 5.51. The van der Waals surface area contributed by atoms with Gasteiger partial charge in [0, 0.05) is 49.7 Å². The Kier molecular flexibility index (Phi) is 5.45. The Morgan fingerprint density at radius 1 is 1.12 bits per heavy atom. The van der Waals surface area contributed by atoms with Gasteiger partial charge in [0.1, 0.15) is 0 Å². The highest BCUT2D eigenvalue weighted by Gasteiger charge is 2.16. The van der Waals surface area contributed by atoms with Crippen molar-refractivity contribution in [2.45, 2.75) is 0 Å². The molecule has 2 aliphatic heterocycles. The van der Waals surface area contributed by atoms with Crippen LogP contribution < -0.4 is 16.3 Å². The number of nitrogens with zero attached hydrogens (tertiary/aromatic N) is 3. The van der Waals surface area contributed by atoms with E-state index in [1.54, 1.807) is 0 Å². The molecule has 0 spiro atoms. The number of hydrazone groups is 1. The summed E-state index contributed by atoms with van der Waals surface area (Å²) in [6, 6.07) is 10.1. The normalized spacial score (nSPS) is 18.5. The Balaban J connectivity index is 1.75. The number of nitrogens with one attached hydrogen (secondary N) is 3. The van der Waals surface area contributed by atoms with Crippen LogP contribution in [-0.2, 0) is 0 Å². The van der Waals surface area contributed by atoms with E-state index in [2.05, 4.69) is 38.2 Å². The third-order valence-corrected chi connectivity index (χ3v) is 4.38. The molecule has 1 aromatic rings. The van der Waals surface area contributed by atoms with Crippen LogP contribution in [0.1, 0.15) is 5.56 Å². The fraction of sp³-hybridized carbons (Fsp3) is 0.294. The first-order chi connectivity index (χ1) is 11.7. The number of likely N-dealkylation sites (N-methyl/N-ethyl adjacent to an activating group) is 1. The fourth-order valence-electron chi connectivity index (χ4n) is 2.57. The van der Waals surface area contributed by atoms with Crippen LogP contribution in [-0.4, -0.2) is 53.9 Å². The summed E-state index contributed by atoms with van der Waals surface area (Å²) in [5, 5.41) is 5.26. The van der Waals surface area contributed by atoms with Crippen molar-refractivity contribution in [2.24, 2.45) is 5.10 Å². The Labute approximate surface area is 147 Å². The van der Waals surface area contributed by atoms with E-state index in [0.717, 1.165) is 43.0 Å². The van der Waals surface area contributed by atoms with Gasteiger partial charge in [0.2, 0.25) is 0 Å². The molecule has 126 valence electrons. The van der Waals surface area contributed by atoms with Gasteiger partial charge in [-0.2, -0.15) is 5.10 Å². The van der Waals surface area contributed by atoms with Crippen LogP contribution in [0.4, 0.5) is 0 Å². The summed E-state index contributed by atoms with van der Waals surface area (Å²) in [6.45, 7) is 3.88. The van der Waals surface area contributed by atoms with E-state index in [0.29, 0.717) is 5.11 Å². The van der Waals surface area contributed by atoms with Gasteiger partial charge in [-0.05, 0) is 25.3 Å². The van der Waals surface area contributed by atoms with E-state index < -0.39 is 0 Å². The molecule has 7 heteroatoms. The number of piperazine rings is 1. The molecule has 0 aromatic heterocycles. The number of rotatable bonds is 3. The van der Waals surface area contributed by atoms with Gasteiger partial charge < -0.3 is 20.7 Å². The summed E-state index contributed by atoms with van der Waals surface area (Å²) in [6.07, 6.45) is 5.70. The van der Waals surface area contributed by atoms with E-state index in [1.807, 2.05) is 48.8 Å². The molecule has 0 aliphatic carbocycles. The lowest BCUT2D eigenvalue weighted by Gasteiger charge is -2.33. The third kappa shape index (κ3) is 4.12. The lowest BCUT2D eigenvalue weighted by Crippen LogP contribution is -2.49. The van der Waals surface area contributed by atoms with Gasteiger partial charge in [-0.1, -0.05) is 30.3 Å². The molecule has 2 heterocycles. The maximum absolute atomic E-state index is 5.51. The van der Waals surface area contributed by atoms with Gasteiger partial charge >= 0.3 is 0 Å². The SMILES string of the molecule is CN1CCN(C(=S)N/N=C(\C2=CNNC=C2)c2ccccc2)CC1. The minimum atomic E-state index is 0.669.